The van der Waals surface area contributed by atoms with Gasteiger partial charge in [-0.3, -0.25) is 14.9 Å². The average Bonchev–Trinajstić information content (AvgIpc) is 3.15. The van der Waals surface area contributed by atoms with E-state index < -0.39 is 4.92 Å². The molecule has 1 aliphatic rings. The van der Waals surface area contributed by atoms with Crippen molar-refractivity contribution in [3.8, 4) is 0 Å². The summed E-state index contributed by atoms with van der Waals surface area (Å²) in [6.45, 7) is 1.68. The minimum Gasteiger partial charge on any atom is -0.381 e. The van der Waals surface area contributed by atoms with E-state index in [1.165, 1.54) is 24.3 Å². The number of halogens is 1. The first-order valence-electron chi connectivity index (χ1n) is 8.10. The predicted octanol–water partition coefficient (Wildman–Crippen LogP) is 3.58. The van der Waals surface area contributed by atoms with Gasteiger partial charge in [0.2, 0.25) is 0 Å². The Hall–Kier alpha value is -2.96. The molecule has 2 aromatic carbocycles. The third-order valence-electron chi connectivity index (χ3n) is 4.23. The van der Waals surface area contributed by atoms with Crippen LogP contribution in [-0.2, 0) is 6.54 Å². The number of nitrogens with zero attached hydrogens (tertiary/aromatic N) is 2. The van der Waals surface area contributed by atoms with Crippen molar-refractivity contribution in [1.29, 1.82) is 0 Å². The van der Waals surface area contributed by atoms with Crippen LogP contribution < -0.4 is 5.32 Å². The van der Waals surface area contributed by atoms with Gasteiger partial charge in [-0.25, -0.2) is 4.39 Å². The van der Waals surface area contributed by atoms with Gasteiger partial charge in [0.15, 0.2) is 0 Å². The molecule has 1 fully saturated rings. The molecule has 2 aromatic rings. The minimum absolute atomic E-state index is 0.0935. The second kappa shape index (κ2) is 7.29. The minimum atomic E-state index is -0.535. The van der Waals surface area contributed by atoms with Gasteiger partial charge in [-0.15, -0.1) is 0 Å². The summed E-state index contributed by atoms with van der Waals surface area (Å²) in [6.07, 6.45) is 1.84. The van der Waals surface area contributed by atoms with Crippen LogP contribution in [0.1, 0.15) is 28.8 Å². The fraction of sp³-hybridized carbons (Fsp3) is 0.278. The Morgan fingerprint density at radius 2 is 1.84 bits per heavy atom. The number of carbonyl (C=O) groups is 1. The molecule has 0 spiro atoms. The smallest absolute Gasteiger partial charge is 0.282 e. The van der Waals surface area contributed by atoms with E-state index in [1.54, 1.807) is 23.1 Å². The Balaban J connectivity index is 1.80. The van der Waals surface area contributed by atoms with Crippen molar-refractivity contribution in [3.63, 3.8) is 0 Å². The number of anilines is 1. The quantitative estimate of drug-likeness (QED) is 0.665. The Bertz CT molecular complexity index is 787. The van der Waals surface area contributed by atoms with Gasteiger partial charge in [-0.2, -0.15) is 0 Å². The lowest BCUT2D eigenvalue weighted by atomic mass is 10.1. The summed E-state index contributed by atoms with van der Waals surface area (Å²) < 4.78 is 12.9. The van der Waals surface area contributed by atoms with E-state index >= 15 is 0 Å². The highest BCUT2D eigenvalue weighted by Gasteiger charge is 2.26. The first kappa shape index (κ1) is 16.9. The topological polar surface area (TPSA) is 75.5 Å². The maximum atomic E-state index is 12.9. The van der Waals surface area contributed by atoms with Crippen LogP contribution in [0.25, 0.3) is 0 Å². The van der Waals surface area contributed by atoms with Crippen molar-refractivity contribution in [2.45, 2.75) is 19.4 Å². The molecule has 0 aromatic heterocycles. The molecule has 6 nitrogen and oxygen atoms in total. The summed E-state index contributed by atoms with van der Waals surface area (Å²) in [5, 5.41) is 14.4. The van der Waals surface area contributed by atoms with Gasteiger partial charge in [-0.1, -0.05) is 12.1 Å². The molecule has 1 N–H and O–H groups in total. The summed E-state index contributed by atoms with van der Waals surface area (Å²) in [7, 11) is 0. The van der Waals surface area contributed by atoms with Gasteiger partial charge in [0.25, 0.3) is 11.6 Å². The molecule has 1 aliphatic heterocycles. The molecule has 7 heteroatoms. The van der Waals surface area contributed by atoms with E-state index in [2.05, 4.69) is 5.32 Å². The van der Waals surface area contributed by atoms with Crippen LogP contribution in [0.5, 0.6) is 0 Å². The van der Waals surface area contributed by atoms with Gasteiger partial charge in [0.05, 0.1) is 4.92 Å². The lowest BCUT2D eigenvalue weighted by molar-refractivity contribution is -0.385. The number of nitro groups is 1. The van der Waals surface area contributed by atoms with E-state index in [1.807, 2.05) is 0 Å². The largest absolute Gasteiger partial charge is 0.381 e. The molecule has 3 rings (SSSR count). The second-order valence-electron chi connectivity index (χ2n) is 5.97. The molecule has 25 heavy (non-hydrogen) atoms. The molecule has 1 amide bonds. The highest BCUT2D eigenvalue weighted by atomic mass is 19.1. The fourth-order valence-electron chi connectivity index (χ4n) is 2.87. The van der Waals surface area contributed by atoms with Crippen molar-refractivity contribution >= 4 is 17.3 Å². The monoisotopic (exact) mass is 343 g/mol. The zero-order chi connectivity index (χ0) is 17.8. The van der Waals surface area contributed by atoms with Gasteiger partial charge in [0, 0.05) is 31.4 Å². The second-order valence-corrected chi connectivity index (χ2v) is 5.97. The molecule has 130 valence electrons. The van der Waals surface area contributed by atoms with Crippen LogP contribution >= 0.6 is 0 Å². The Labute approximate surface area is 144 Å². The van der Waals surface area contributed by atoms with Gasteiger partial charge < -0.3 is 10.2 Å². The predicted molar refractivity (Wildman–Crippen MR) is 92.0 cm³/mol. The number of nitro benzene ring substituents is 1. The first-order chi connectivity index (χ1) is 12.0. The summed E-state index contributed by atoms with van der Waals surface area (Å²) in [5.41, 5.74) is 1.38. The Morgan fingerprint density at radius 1 is 1.16 bits per heavy atom. The number of nitrogens with one attached hydrogen (secondary N) is 1. The number of rotatable bonds is 5. The first-order valence-corrected chi connectivity index (χ1v) is 8.10. The molecule has 0 aliphatic carbocycles. The maximum Gasteiger partial charge on any atom is 0.282 e. The lowest BCUT2D eigenvalue weighted by Gasteiger charge is -2.16. The summed E-state index contributed by atoms with van der Waals surface area (Å²) in [6, 6.07) is 10.5. The summed E-state index contributed by atoms with van der Waals surface area (Å²) >= 11 is 0. The van der Waals surface area contributed by atoms with E-state index in [4.69, 9.17) is 0 Å². The molecule has 1 saturated heterocycles. The van der Waals surface area contributed by atoms with Crippen LogP contribution in [0.2, 0.25) is 0 Å². The van der Waals surface area contributed by atoms with E-state index in [0.29, 0.717) is 25.3 Å². The van der Waals surface area contributed by atoms with Crippen molar-refractivity contribution in [2.75, 3.05) is 18.4 Å². The van der Waals surface area contributed by atoms with Crippen molar-refractivity contribution < 1.29 is 14.1 Å². The van der Waals surface area contributed by atoms with Crippen LogP contribution in [0, 0.1) is 15.9 Å². The highest BCUT2D eigenvalue weighted by Crippen LogP contribution is 2.26. The maximum absolute atomic E-state index is 12.9. The Kier molecular flexibility index (Phi) is 4.92. The van der Waals surface area contributed by atoms with Crippen molar-refractivity contribution in [3.05, 3.63) is 69.5 Å². The average molecular weight is 343 g/mol. The number of likely N-dealkylation sites (tertiary alicyclic amines) is 1. The van der Waals surface area contributed by atoms with Gasteiger partial charge >= 0.3 is 0 Å². The number of hydrogen-bond donors (Lipinski definition) is 1. The molecular formula is C18H18FN3O3. The lowest BCUT2D eigenvalue weighted by Crippen LogP contribution is -2.28. The molecular weight excluding hydrogens is 325 g/mol. The number of benzene rings is 2. The number of amides is 1. The normalized spacial score (nSPS) is 13.7. The molecule has 0 saturated carbocycles. The highest BCUT2D eigenvalue weighted by molar-refractivity contribution is 5.99. The Morgan fingerprint density at radius 3 is 2.48 bits per heavy atom. The van der Waals surface area contributed by atoms with E-state index in [-0.39, 0.29) is 23.0 Å². The van der Waals surface area contributed by atoms with Crippen molar-refractivity contribution in [2.24, 2.45) is 0 Å². The van der Waals surface area contributed by atoms with Crippen LogP contribution in [-0.4, -0.2) is 28.8 Å². The van der Waals surface area contributed by atoms with Crippen LogP contribution in [0.4, 0.5) is 15.8 Å². The fourth-order valence-corrected chi connectivity index (χ4v) is 2.87. The zero-order valence-electron chi connectivity index (χ0n) is 13.6. The van der Waals surface area contributed by atoms with Crippen molar-refractivity contribution in [1.82, 2.24) is 4.90 Å². The zero-order valence-corrected chi connectivity index (χ0v) is 13.6. The third kappa shape index (κ3) is 3.93. The van der Waals surface area contributed by atoms with E-state index in [9.17, 15) is 19.3 Å². The number of hydrogen-bond acceptors (Lipinski definition) is 4. The molecule has 0 radical (unpaired) electrons. The number of carbonyl (C=O) groups excluding carboxylic acids is 1. The van der Waals surface area contributed by atoms with Gasteiger partial charge in [0.1, 0.15) is 11.4 Å². The molecule has 0 bridgehead atoms. The van der Waals surface area contributed by atoms with Crippen LogP contribution in [0.15, 0.2) is 42.5 Å². The van der Waals surface area contributed by atoms with E-state index in [0.717, 1.165) is 18.4 Å². The summed E-state index contributed by atoms with van der Waals surface area (Å²) in [4.78, 5) is 24.9. The van der Waals surface area contributed by atoms with Gasteiger partial charge in [-0.05, 0) is 42.7 Å². The molecule has 0 atom stereocenters. The standard InChI is InChI=1S/C18H18FN3O3/c19-14-5-3-13(4-6-14)12-20-15-7-8-17(22(24)25)16(11-15)18(23)21-9-1-2-10-21/h3-8,11,20H,1-2,9-10,12H2. The molecule has 1 heterocycles. The molecule has 0 unspecified atom stereocenters. The summed E-state index contributed by atoms with van der Waals surface area (Å²) in [5.74, 6) is -0.618. The third-order valence-corrected chi connectivity index (χ3v) is 4.23. The SMILES string of the molecule is O=C(c1cc(NCc2ccc(F)cc2)ccc1[N+](=O)[O-])N1CCCC1. The van der Waals surface area contributed by atoms with Crippen LogP contribution in [0.3, 0.4) is 0 Å².